The molecule has 0 aromatic heterocycles. The van der Waals surface area contributed by atoms with Gasteiger partial charge in [0.2, 0.25) is 0 Å². The number of carbonyl (C=O) groups is 1. The molecule has 22 heavy (non-hydrogen) atoms. The maximum Gasteiger partial charge on any atom is 0.193 e. The molecule has 2 aromatic rings. The first kappa shape index (κ1) is 17.0. The Kier molecular flexibility index (Phi) is 6.03. The van der Waals surface area contributed by atoms with Crippen LogP contribution in [0.15, 0.2) is 36.4 Å². The first-order valence-electron chi connectivity index (χ1n) is 6.66. The van der Waals surface area contributed by atoms with Crippen molar-refractivity contribution in [3.8, 4) is 11.5 Å². The van der Waals surface area contributed by atoms with E-state index < -0.39 is 0 Å². The van der Waals surface area contributed by atoms with Crippen LogP contribution in [0.4, 0.5) is 0 Å². The number of methoxy groups -OCH3 is 2. The second kappa shape index (κ2) is 7.79. The van der Waals surface area contributed by atoms with E-state index in [1.54, 1.807) is 14.2 Å². The van der Waals surface area contributed by atoms with Crippen molar-refractivity contribution in [1.29, 1.82) is 0 Å². The predicted octanol–water partition coefficient (Wildman–Crippen LogP) is 4.72. The van der Waals surface area contributed by atoms with Crippen molar-refractivity contribution in [3.05, 3.63) is 58.7 Å². The topological polar surface area (TPSA) is 35.5 Å². The first-order valence-corrected chi connectivity index (χ1v) is 8.90. The number of hydrogen-bond acceptors (Lipinski definition) is 3. The number of alkyl halides is 2. The summed E-state index contributed by atoms with van der Waals surface area (Å²) in [7, 11) is 3.20. The minimum absolute atomic E-state index is 0.0401. The monoisotopic (exact) mass is 426 g/mol. The SMILES string of the molecule is COc1cccc(C(=O)c2cccc(OC)c2CBr)c1CBr. The maximum atomic E-state index is 13.0. The molecule has 2 rings (SSSR count). The highest BCUT2D eigenvalue weighted by atomic mass is 79.9. The minimum Gasteiger partial charge on any atom is -0.496 e. The fourth-order valence-corrected chi connectivity index (χ4v) is 3.52. The summed E-state index contributed by atoms with van der Waals surface area (Å²) in [5, 5.41) is 1.09. The van der Waals surface area contributed by atoms with Gasteiger partial charge in [-0.15, -0.1) is 0 Å². The Bertz CT molecular complexity index is 626. The molecule has 0 fully saturated rings. The first-order chi connectivity index (χ1) is 10.7. The van der Waals surface area contributed by atoms with Gasteiger partial charge >= 0.3 is 0 Å². The van der Waals surface area contributed by atoms with Gasteiger partial charge in [0.05, 0.1) is 14.2 Å². The average Bonchev–Trinajstić information content (AvgIpc) is 2.59. The zero-order valence-electron chi connectivity index (χ0n) is 12.4. The molecule has 3 nitrogen and oxygen atoms in total. The summed E-state index contributed by atoms with van der Waals surface area (Å²) in [5.74, 6) is 1.36. The van der Waals surface area contributed by atoms with Crippen molar-refractivity contribution < 1.29 is 14.3 Å². The number of ether oxygens (including phenoxy) is 2. The Balaban J connectivity index is 2.58. The summed E-state index contributed by atoms with van der Waals surface area (Å²) in [6, 6.07) is 11.0. The van der Waals surface area contributed by atoms with Crippen molar-refractivity contribution in [3.63, 3.8) is 0 Å². The maximum absolute atomic E-state index is 13.0. The van der Waals surface area contributed by atoms with Gasteiger partial charge in [0, 0.05) is 32.9 Å². The van der Waals surface area contributed by atoms with E-state index in [1.165, 1.54) is 0 Å². The molecule has 5 heteroatoms. The highest BCUT2D eigenvalue weighted by Gasteiger charge is 2.20. The lowest BCUT2D eigenvalue weighted by Gasteiger charge is -2.14. The van der Waals surface area contributed by atoms with Crippen molar-refractivity contribution in [2.75, 3.05) is 14.2 Å². The number of hydrogen-bond donors (Lipinski definition) is 0. The van der Waals surface area contributed by atoms with Crippen molar-refractivity contribution in [2.24, 2.45) is 0 Å². The van der Waals surface area contributed by atoms with Crippen LogP contribution in [0.3, 0.4) is 0 Å². The Morgan fingerprint density at radius 3 is 1.59 bits per heavy atom. The number of halogens is 2. The van der Waals surface area contributed by atoms with Crippen LogP contribution in [0.5, 0.6) is 11.5 Å². The molecule has 2 aromatic carbocycles. The van der Waals surface area contributed by atoms with E-state index in [0.29, 0.717) is 33.3 Å². The van der Waals surface area contributed by atoms with E-state index in [9.17, 15) is 4.79 Å². The molecule has 0 atom stereocenters. The molecule has 0 spiro atoms. The lowest BCUT2D eigenvalue weighted by Crippen LogP contribution is -2.09. The summed E-state index contributed by atoms with van der Waals surface area (Å²) in [4.78, 5) is 13.0. The summed E-state index contributed by atoms with van der Waals surface area (Å²) in [6.07, 6.45) is 0. The van der Waals surface area contributed by atoms with Crippen molar-refractivity contribution in [1.82, 2.24) is 0 Å². The summed E-state index contributed by atoms with van der Waals surface area (Å²) < 4.78 is 10.7. The number of rotatable bonds is 6. The van der Waals surface area contributed by atoms with E-state index in [-0.39, 0.29) is 5.78 Å². The lowest BCUT2D eigenvalue weighted by atomic mass is 9.95. The zero-order valence-corrected chi connectivity index (χ0v) is 15.5. The summed E-state index contributed by atoms with van der Waals surface area (Å²) in [6.45, 7) is 0. The molecule has 0 heterocycles. The van der Waals surface area contributed by atoms with Gasteiger partial charge in [-0.05, 0) is 12.1 Å². The Morgan fingerprint density at radius 2 is 1.27 bits per heavy atom. The van der Waals surface area contributed by atoms with Crippen molar-refractivity contribution in [2.45, 2.75) is 10.7 Å². The molecule has 116 valence electrons. The van der Waals surface area contributed by atoms with Crippen molar-refractivity contribution >= 4 is 37.6 Å². The van der Waals surface area contributed by atoms with E-state index in [4.69, 9.17) is 9.47 Å². The number of benzene rings is 2. The number of ketones is 1. The summed E-state index contributed by atoms with van der Waals surface area (Å²) >= 11 is 6.88. The van der Waals surface area contributed by atoms with Crippen LogP contribution in [-0.4, -0.2) is 20.0 Å². The molecule has 0 N–H and O–H groups in total. The standard InChI is InChI=1S/C17H16Br2O3/c1-21-15-7-3-5-11(13(15)9-18)17(20)12-6-4-8-16(22-2)14(12)10-19/h3-8H,9-10H2,1-2H3. The predicted molar refractivity (Wildman–Crippen MR) is 94.7 cm³/mol. The molecule has 0 aliphatic carbocycles. The minimum atomic E-state index is -0.0401. The third-order valence-corrected chi connectivity index (χ3v) is 4.58. The third-order valence-electron chi connectivity index (χ3n) is 3.46. The van der Waals surface area contributed by atoms with Crippen LogP contribution in [-0.2, 0) is 10.7 Å². The van der Waals surface area contributed by atoms with Gasteiger partial charge in [-0.1, -0.05) is 56.1 Å². The zero-order chi connectivity index (χ0) is 16.1. The van der Waals surface area contributed by atoms with E-state index in [2.05, 4.69) is 31.9 Å². The van der Waals surface area contributed by atoms with Crippen LogP contribution < -0.4 is 9.47 Å². The molecule has 0 amide bonds. The van der Waals surface area contributed by atoms with Gasteiger partial charge in [0.15, 0.2) is 5.78 Å². The average molecular weight is 428 g/mol. The lowest BCUT2D eigenvalue weighted by molar-refractivity contribution is 0.103. The normalized spacial score (nSPS) is 10.4. The molecule has 0 aliphatic heterocycles. The van der Waals surface area contributed by atoms with Gasteiger partial charge in [-0.2, -0.15) is 0 Å². The Morgan fingerprint density at radius 1 is 0.864 bits per heavy atom. The molecule has 0 saturated heterocycles. The second-order valence-corrected chi connectivity index (χ2v) is 5.69. The highest BCUT2D eigenvalue weighted by Crippen LogP contribution is 2.30. The second-order valence-electron chi connectivity index (χ2n) is 4.57. The van der Waals surface area contributed by atoms with Crippen LogP contribution in [0, 0.1) is 0 Å². The molecular formula is C17H16Br2O3. The fraction of sp³-hybridized carbons (Fsp3) is 0.235. The molecule has 0 bridgehead atoms. The fourth-order valence-electron chi connectivity index (χ4n) is 2.36. The van der Waals surface area contributed by atoms with Crippen LogP contribution in [0.2, 0.25) is 0 Å². The highest BCUT2D eigenvalue weighted by molar-refractivity contribution is 9.08. The Hall–Kier alpha value is -1.33. The molecule has 0 unspecified atom stereocenters. The van der Waals surface area contributed by atoms with Crippen LogP contribution >= 0.6 is 31.9 Å². The number of carbonyl (C=O) groups excluding carboxylic acids is 1. The summed E-state index contributed by atoms with van der Waals surface area (Å²) in [5.41, 5.74) is 2.95. The van der Waals surface area contributed by atoms with Crippen LogP contribution in [0.25, 0.3) is 0 Å². The quantitative estimate of drug-likeness (QED) is 0.494. The largest absolute Gasteiger partial charge is 0.496 e. The van der Waals surface area contributed by atoms with Gasteiger partial charge < -0.3 is 9.47 Å². The smallest absolute Gasteiger partial charge is 0.193 e. The molecule has 0 radical (unpaired) electrons. The molecule has 0 aliphatic rings. The van der Waals surface area contributed by atoms with Gasteiger partial charge in [-0.25, -0.2) is 0 Å². The van der Waals surface area contributed by atoms with Gasteiger partial charge in [0.25, 0.3) is 0 Å². The third kappa shape index (κ3) is 3.20. The van der Waals surface area contributed by atoms with Gasteiger partial charge in [-0.3, -0.25) is 4.79 Å². The van der Waals surface area contributed by atoms with Crippen LogP contribution in [0.1, 0.15) is 27.0 Å². The van der Waals surface area contributed by atoms with E-state index >= 15 is 0 Å². The molecular weight excluding hydrogens is 412 g/mol. The van der Waals surface area contributed by atoms with E-state index in [1.807, 2.05) is 36.4 Å². The van der Waals surface area contributed by atoms with E-state index in [0.717, 1.165) is 11.1 Å². The Labute approximate surface area is 146 Å². The molecule has 0 saturated carbocycles. The van der Waals surface area contributed by atoms with Gasteiger partial charge in [0.1, 0.15) is 11.5 Å².